The van der Waals surface area contributed by atoms with Gasteiger partial charge in [-0.05, 0) is 43.3 Å². The fourth-order valence-corrected chi connectivity index (χ4v) is 2.08. The van der Waals surface area contributed by atoms with E-state index in [2.05, 4.69) is 4.98 Å². The SMILES string of the molecule is COc1ccc(-c2nc3cccc(C(C)=O)c3o2)cc1. The summed E-state index contributed by atoms with van der Waals surface area (Å²) >= 11 is 0. The summed E-state index contributed by atoms with van der Waals surface area (Å²) in [7, 11) is 1.62. The predicted molar refractivity (Wildman–Crippen MR) is 76.0 cm³/mol. The Morgan fingerprint density at radius 3 is 2.55 bits per heavy atom. The molecule has 4 heteroatoms. The van der Waals surface area contributed by atoms with Gasteiger partial charge in [-0.2, -0.15) is 0 Å². The third-order valence-electron chi connectivity index (χ3n) is 3.13. The van der Waals surface area contributed by atoms with Crippen LogP contribution < -0.4 is 4.74 Å². The lowest BCUT2D eigenvalue weighted by molar-refractivity contribution is 0.101. The van der Waals surface area contributed by atoms with Crippen molar-refractivity contribution in [1.82, 2.24) is 4.98 Å². The first-order chi connectivity index (χ1) is 9.69. The number of oxazole rings is 1. The number of hydrogen-bond acceptors (Lipinski definition) is 4. The number of carbonyl (C=O) groups excluding carboxylic acids is 1. The molecule has 1 aromatic heterocycles. The summed E-state index contributed by atoms with van der Waals surface area (Å²) in [6.45, 7) is 1.52. The summed E-state index contributed by atoms with van der Waals surface area (Å²) < 4.78 is 10.9. The summed E-state index contributed by atoms with van der Waals surface area (Å²) in [5.41, 5.74) is 2.61. The molecule has 1 heterocycles. The van der Waals surface area contributed by atoms with E-state index >= 15 is 0 Å². The van der Waals surface area contributed by atoms with Gasteiger partial charge in [0.15, 0.2) is 11.4 Å². The maximum absolute atomic E-state index is 11.6. The molecule has 0 saturated carbocycles. The maximum Gasteiger partial charge on any atom is 0.227 e. The summed E-state index contributed by atoms with van der Waals surface area (Å²) in [6, 6.07) is 12.8. The molecule has 3 aromatic rings. The minimum atomic E-state index is -0.0342. The fraction of sp³-hybridized carbons (Fsp3) is 0.125. The molecule has 0 N–H and O–H groups in total. The Balaban J connectivity index is 2.12. The van der Waals surface area contributed by atoms with E-state index in [-0.39, 0.29) is 5.78 Å². The molecular weight excluding hydrogens is 254 g/mol. The first-order valence-electron chi connectivity index (χ1n) is 6.24. The van der Waals surface area contributed by atoms with Crippen LogP contribution in [0.2, 0.25) is 0 Å². The predicted octanol–water partition coefficient (Wildman–Crippen LogP) is 3.71. The van der Waals surface area contributed by atoms with Crippen LogP contribution in [0.4, 0.5) is 0 Å². The van der Waals surface area contributed by atoms with Crippen LogP contribution in [0, 0.1) is 0 Å². The second-order valence-electron chi connectivity index (χ2n) is 4.46. The molecule has 2 aromatic carbocycles. The van der Waals surface area contributed by atoms with Gasteiger partial charge in [0.25, 0.3) is 0 Å². The van der Waals surface area contributed by atoms with Crippen molar-refractivity contribution in [1.29, 1.82) is 0 Å². The van der Waals surface area contributed by atoms with E-state index in [4.69, 9.17) is 9.15 Å². The Hall–Kier alpha value is -2.62. The summed E-state index contributed by atoms with van der Waals surface area (Å²) in [6.07, 6.45) is 0. The lowest BCUT2D eigenvalue weighted by Gasteiger charge is -1.99. The van der Waals surface area contributed by atoms with Gasteiger partial charge in [-0.1, -0.05) is 6.07 Å². The van der Waals surface area contributed by atoms with Crippen LogP contribution in [0.1, 0.15) is 17.3 Å². The Morgan fingerprint density at radius 2 is 1.90 bits per heavy atom. The highest BCUT2D eigenvalue weighted by Gasteiger charge is 2.13. The Labute approximate surface area is 116 Å². The highest BCUT2D eigenvalue weighted by molar-refractivity contribution is 6.04. The van der Waals surface area contributed by atoms with E-state index in [0.717, 1.165) is 11.3 Å². The molecule has 0 bridgehead atoms. The van der Waals surface area contributed by atoms with Crippen LogP contribution in [0.3, 0.4) is 0 Å². The van der Waals surface area contributed by atoms with E-state index in [1.807, 2.05) is 30.3 Å². The molecule has 0 atom stereocenters. The van der Waals surface area contributed by atoms with E-state index < -0.39 is 0 Å². The standard InChI is InChI=1S/C16H13NO3/c1-10(18)13-4-3-5-14-15(13)20-16(17-14)11-6-8-12(19-2)9-7-11/h3-9H,1-2H3. The van der Waals surface area contributed by atoms with Crippen molar-refractivity contribution in [3.05, 3.63) is 48.0 Å². The molecule has 0 unspecified atom stereocenters. The van der Waals surface area contributed by atoms with Gasteiger partial charge >= 0.3 is 0 Å². The van der Waals surface area contributed by atoms with Crippen LogP contribution >= 0.6 is 0 Å². The quantitative estimate of drug-likeness (QED) is 0.679. The van der Waals surface area contributed by atoms with Crippen LogP contribution in [-0.2, 0) is 0 Å². The Morgan fingerprint density at radius 1 is 1.15 bits per heavy atom. The monoisotopic (exact) mass is 267 g/mol. The number of hydrogen-bond donors (Lipinski definition) is 0. The molecule has 0 radical (unpaired) electrons. The van der Waals surface area contributed by atoms with Crippen molar-refractivity contribution in [3.63, 3.8) is 0 Å². The van der Waals surface area contributed by atoms with E-state index in [1.165, 1.54) is 6.92 Å². The molecule has 0 saturated heterocycles. The Bertz CT molecular complexity index is 772. The molecule has 0 aliphatic carbocycles. The number of ether oxygens (including phenoxy) is 1. The van der Waals surface area contributed by atoms with Gasteiger partial charge in [-0.3, -0.25) is 4.79 Å². The molecule has 0 aliphatic rings. The number of rotatable bonds is 3. The molecule has 0 aliphatic heterocycles. The van der Waals surface area contributed by atoms with Crippen LogP contribution in [0.15, 0.2) is 46.9 Å². The molecule has 0 spiro atoms. The van der Waals surface area contributed by atoms with Gasteiger partial charge in [0.1, 0.15) is 11.3 Å². The number of benzene rings is 2. The first-order valence-corrected chi connectivity index (χ1v) is 6.24. The number of para-hydroxylation sites is 1. The molecule has 100 valence electrons. The molecule has 3 rings (SSSR count). The van der Waals surface area contributed by atoms with Gasteiger partial charge in [0.2, 0.25) is 5.89 Å². The third kappa shape index (κ3) is 2.05. The average Bonchev–Trinajstić information content (AvgIpc) is 2.90. The summed E-state index contributed by atoms with van der Waals surface area (Å²) in [5, 5.41) is 0. The Kier molecular flexibility index (Phi) is 2.99. The molecule has 0 fully saturated rings. The van der Waals surface area contributed by atoms with Crippen molar-refractivity contribution in [2.75, 3.05) is 7.11 Å². The highest BCUT2D eigenvalue weighted by atomic mass is 16.5. The van der Waals surface area contributed by atoms with Gasteiger partial charge in [-0.15, -0.1) is 0 Å². The van der Waals surface area contributed by atoms with E-state index in [9.17, 15) is 4.79 Å². The maximum atomic E-state index is 11.6. The van der Waals surface area contributed by atoms with Gasteiger partial charge < -0.3 is 9.15 Å². The van der Waals surface area contributed by atoms with Crippen molar-refractivity contribution in [2.24, 2.45) is 0 Å². The smallest absolute Gasteiger partial charge is 0.227 e. The van der Waals surface area contributed by atoms with Crippen LogP contribution in [0.5, 0.6) is 5.75 Å². The lowest BCUT2D eigenvalue weighted by atomic mass is 10.1. The van der Waals surface area contributed by atoms with Crippen LogP contribution in [-0.4, -0.2) is 17.9 Å². The van der Waals surface area contributed by atoms with Crippen molar-refractivity contribution >= 4 is 16.9 Å². The zero-order chi connectivity index (χ0) is 14.1. The van der Waals surface area contributed by atoms with Crippen molar-refractivity contribution in [3.8, 4) is 17.2 Å². The second kappa shape index (κ2) is 4.81. The number of methoxy groups -OCH3 is 1. The number of ketones is 1. The minimum Gasteiger partial charge on any atom is -0.497 e. The number of aromatic nitrogens is 1. The number of carbonyl (C=O) groups is 1. The molecule has 4 nitrogen and oxygen atoms in total. The van der Waals surface area contributed by atoms with Gasteiger partial charge in [0.05, 0.1) is 12.7 Å². The van der Waals surface area contributed by atoms with Crippen molar-refractivity contribution < 1.29 is 13.9 Å². The minimum absolute atomic E-state index is 0.0342. The third-order valence-corrected chi connectivity index (χ3v) is 3.13. The topological polar surface area (TPSA) is 52.3 Å². The zero-order valence-corrected chi connectivity index (χ0v) is 11.2. The fourth-order valence-electron chi connectivity index (χ4n) is 2.08. The number of Topliss-reactive ketones (excluding diaryl/α,β-unsaturated/α-hetero) is 1. The normalized spacial score (nSPS) is 10.7. The molecular formula is C16H13NO3. The molecule has 20 heavy (non-hydrogen) atoms. The largest absolute Gasteiger partial charge is 0.497 e. The second-order valence-corrected chi connectivity index (χ2v) is 4.46. The first kappa shape index (κ1) is 12.4. The zero-order valence-electron chi connectivity index (χ0n) is 11.2. The van der Waals surface area contributed by atoms with Crippen LogP contribution in [0.25, 0.3) is 22.6 Å². The average molecular weight is 267 g/mol. The van der Waals surface area contributed by atoms with Gasteiger partial charge in [-0.25, -0.2) is 4.98 Å². The highest BCUT2D eigenvalue weighted by Crippen LogP contribution is 2.27. The van der Waals surface area contributed by atoms with E-state index in [1.54, 1.807) is 19.2 Å². The summed E-state index contributed by atoms with van der Waals surface area (Å²) in [5.74, 6) is 1.23. The van der Waals surface area contributed by atoms with Gasteiger partial charge in [0, 0.05) is 5.56 Å². The number of nitrogens with zero attached hydrogens (tertiary/aromatic N) is 1. The van der Waals surface area contributed by atoms with Crippen molar-refractivity contribution in [2.45, 2.75) is 6.92 Å². The lowest BCUT2D eigenvalue weighted by Crippen LogP contribution is -1.91. The summed E-state index contributed by atoms with van der Waals surface area (Å²) in [4.78, 5) is 16.0. The number of fused-ring (bicyclic) bond motifs is 1. The van der Waals surface area contributed by atoms with E-state index in [0.29, 0.717) is 22.6 Å². The molecule has 0 amide bonds.